The Hall–Kier alpha value is -3.22. The summed E-state index contributed by atoms with van der Waals surface area (Å²) in [6, 6.07) is 10.8. The van der Waals surface area contributed by atoms with Gasteiger partial charge >= 0.3 is 0 Å². The van der Waals surface area contributed by atoms with Gasteiger partial charge in [0.1, 0.15) is 5.82 Å². The smallest absolute Gasteiger partial charge is 0.254 e. The Morgan fingerprint density at radius 3 is 2.89 bits per heavy atom. The summed E-state index contributed by atoms with van der Waals surface area (Å²) in [6.45, 7) is 1.29. The van der Waals surface area contributed by atoms with Crippen LogP contribution in [0.4, 0.5) is 5.82 Å². The predicted octanol–water partition coefficient (Wildman–Crippen LogP) is 2.82. The molecular weight excluding hydrogens is 354 g/mol. The molecule has 2 aromatic heterocycles. The molecule has 3 heterocycles. The minimum Gasteiger partial charge on any atom is -0.367 e. The maximum Gasteiger partial charge on any atom is 0.254 e. The third kappa shape index (κ3) is 4.03. The Morgan fingerprint density at radius 1 is 1.18 bits per heavy atom. The van der Waals surface area contributed by atoms with Gasteiger partial charge in [0.25, 0.3) is 5.91 Å². The minimum absolute atomic E-state index is 0.0440. The van der Waals surface area contributed by atoms with Crippen LogP contribution in [0.1, 0.15) is 36.0 Å². The normalized spacial score (nSPS) is 17.3. The fourth-order valence-corrected chi connectivity index (χ4v) is 3.67. The van der Waals surface area contributed by atoms with Crippen molar-refractivity contribution in [2.45, 2.75) is 31.7 Å². The zero-order chi connectivity index (χ0) is 19.3. The van der Waals surface area contributed by atoms with Crippen molar-refractivity contribution >= 4 is 22.8 Å². The lowest BCUT2D eigenvalue weighted by atomic mass is 10.1. The second-order valence-corrected chi connectivity index (χ2v) is 7.07. The van der Waals surface area contributed by atoms with Crippen LogP contribution >= 0.6 is 0 Å². The van der Waals surface area contributed by atoms with Gasteiger partial charge in [-0.1, -0.05) is 25.0 Å². The van der Waals surface area contributed by atoms with Crippen LogP contribution in [0, 0.1) is 0 Å². The van der Waals surface area contributed by atoms with Crippen LogP contribution in [0.2, 0.25) is 0 Å². The van der Waals surface area contributed by atoms with E-state index >= 15 is 0 Å². The molecule has 28 heavy (non-hydrogen) atoms. The molecule has 1 aliphatic heterocycles. The van der Waals surface area contributed by atoms with Crippen molar-refractivity contribution < 1.29 is 4.79 Å². The summed E-state index contributed by atoms with van der Waals surface area (Å²) in [5.41, 5.74) is 1.86. The molecule has 0 bridgehead atoms. The largest absolute Gasteiger partial charge is 0.367 e. The molecular formula is C21H23N5O2. The van der Waals surface area contributed by atoms with E-state index in [1.807, 2.05) is 29.2 Å². The van der Waals surface area contributed by atoms with Gasteiger partial charge in [-0.15, -0.1) is 0 Å². The van der Waals surface area contributed by atoms with Crippen LogP contribution in [-0.4, -0.2) is 44.9 Å². The van der Waals surface area contributed by atoms with Crippen LogP contribution in [0.25, 0.3) is 11.0 Å². The SMILES string of the molecule is O=C(c1cc[nH]c(=O)c1)N1CCCCCC1CNc1cnc2ccccc2n1. The molecule has 0 spiro atoms. The second-order valence-electron chi connectivity index (χ2n) is 7.07. The number of amides is 1. The molecule has 1 amide bonds. The number of fused-ring (bicyclic) bond motifs is 1. The number of rotatable bonds is 4. The number of carbonyl (C=O) groups is 1. The summed E-state index contributed by atoms with van der Waals surface area (Å²) in [5, 5.41) is 3.35. The van der Waals surface area contributed by atoms with Gasteiger partial charge in [0.2, 0.25) is 5.56 Å². The molecule has 1 atom stereocenters. The summed E-state index contributed by atoms with van der Waals surface area (Å²) in [5.74, 6) is 0.607. The van der Waals surface area contributed by atoms with E-state index in [4.69, 9.17) is 0 Å². The Kier molecular flexibility index (Phi) is 5.32. The third-order valence-electron chi connectivity index (χ3n) is 5.13. The van der Waals surface area contributed by atoms with E-state index in [-0.39, 0.29) is 17.5 Å². The topological polar surface area (TPSA) is 91.0 Å². The number of nitrogens with zero attached hydrogens (tertiary/aromatic N) is 3. The number of carbonyl (C=O) groups excluding carboxylic acids is 1. The molecule has 1 aliphatic rings. The number of benzene rings is 1. The first-order valence-electron chi connectivity index (χ1n) is 9.66. The van der Waals surface area contributed by atoms with Gasteiger partial charge in [-0.3, -0.25) is 14.6 Å². The molecule has 7 nitrogen and oxygen atoms in total. The van der Waals surface area contributed by atoms with Crippen molar-refractivity contribution in [2.75, 3.05) is 18.4 Å². The van der Waals surface area contributed by atoms with Crippen molar-refractivity contribution in [1.29, 1.82) is 0 Å². The first kappa shape index (κ1) is 18.2. The molecule has 2 N–H and O–H groups in total. The Labute approximate surface area is 162 Å². The van der Waals surface area contributed by atoms with Gasteiger partial charge < -0.3 is 15.2 Å². The summed E-state index contributed by atoms with van der Waals surface area (Å²) in [7, 11) is 0. The maximum atomic E-state index is 13.0. The lowest BCUT2D eigenvalue weighted by Crippen LogP contribution is -2.44. The lowest BCUT2D eigenvalue weighted by molar-refractivity contribution is 0.0692. The monoisotopic (exact) mass is 377 g/mol. The Bertz CT molecular complexity index is 1030. The number of hydrogen-bond donors (Lipinski definition) is 2. The van der Waals surface area contributed by atoms with Gasteiger partial charge in [0, 0.05) is 37.0 Å². The quantitative estimate of drug-likeness (QED) is 0.730. The van der Waals surface area contributed by atoms with E-state index in [2.05, 4.69) is 20.3 Å². The van der Waals surface area contributed by atoms with Crippen LogP contribution in [0.5, 0.6) is 0 Å². The Balaban J connectivity index is 1.51. The fraction of sp³-hybridized carbons (Fsp3) is 0.333. The molecule has 1 aromatic carbocycles. The molecule has 0 saturated carbocycles. The van der Waals surface area contributed by atoms with Gasteiger partial charge in [-0.05, 0) is 31.0 Å². The van der Waals surface area contributed by atoms with E-state index in [1.165, 1.54) is 12.3 Å². The average molecular weight is 377 g/mol. The van der Waals surface area contributed by atoms with Gasteiger partial charge in [0.05, 0.1) is 17.2 Å². The molecule has 4 rings (SSSR count). The van der Waals surface area contributed by atoms with E-state index in [0.717, 1.165) is 36.7 Å². The molecule has 1 unspecified atom stereocenters. The number of likely N-dealkylation sites (tertiary alicyclic amines) is 1. The van der Waals surface area contributed by atoms with Gasteiger partial charge in [-0.2, -0.15) is 0 Å². The van der Waals surface area contributed by atoms with E-state index < -0.39 is 0 Å². The highest BCUT2D eigenvalue weighted by Gasteiger charge is 2.26. The van der Waals surface area contributed by atoms with E-state index in [9.17, 15) is 9.59 Å². The molecule has 144 valence electrons. The minimum atomic E-state index is -0.262. The number of aromatic nitrogens is 3. The molecule has 7 heteroatoms. The standard InChI is InChI=1S/C21H23N5O2/c27-20-12-15(9-10-22-20)21(28)26-11-5-1-2-6-16(26)13-24-19-14-23-17-7-3-4-8-18(17)25-19/h3-4,7-10,12,14,16H,1-2,5-6,11,13H2,(H,22,27)(H,24,25). The Morgan fingerprint density at radius 2 is 2.04 bits per heavy atom. The van der Waals surface area contributed by atoms with Crippen LogP contribution in [0.3, 0.4) is 0 Å². The summed E-state index contributed by atoms with van der Waals surface area (Å²) in [4.78, 5) is 38.1. The molecule has 1 fully saturated rings. The predicted molar refractivity (Wildman–Crippen MR) is 108 cm³/mol. The van der Waals surface area contributed by atoms with Crippen molar-refractivity contribution in [1.82, 2.24) is 19.9 Å². The highest BCUT2D eigenvalue weighted by Crippen LogP contribution is 2.20. The first-order valence-corrected chi connectivity index (χ1v) is 9.66. The number of hydrogen-bond acceptors (Lipinski definition) is 5. The number of pyridine rings is 1. The molecule has 0 radical (unpaired) electrons. The number of aromatic amines is 1. The fourth-order valence-electron chi connectivity index (χ4n) is 3.67. The van der Waals surface area contributed by atoms with Crippen molar-refractivity contribution in [3.8, 4) is 0 Å². The zero-order valence-electron chi connectivity index (χ0n) is 15.6. The number of nitrogens with one attached hydrogen (secondary N) is 2. The molecule has 1 saturated heterocycles. The summed E-state index contributed by atoms with van der Waals surface area (Å²) >= 11 is 0. The zero-order valence-corrected chi connectivity index (χ0v) is 15.6. The number of anilines is 1. The van der Waals surface area contributed by atoms with E-state index in [1.54, 1.807) is 12.3 Å². The highest BCUT2D eigenvalue weighted by molar-refractivity contribution is 5.94. The second kappa shape index (κ2) is 8.21. The van der Waals surface area contributed by atoms with Crippen LogP contribution in [-0.2, 0) is 0 Å². The van der Waals surface area contributed by atoms with Crippen molar-refractivity contribution in [2.24, 2.45) is 0 Å². The maximum absolute atomic E-state index is 13.0. The van der Waals surface area contributed by atoms with E-state index in [0.29, 0.717) is 24.5 Å². The lowest BCUT2D eigenvalue weighted by Gasteiger charge is -2.30. The first-order chi connectivity index (χ1) is 13.7. The van der Waals surface area contributed by atoms with Crippen LogP contribution < -0.4 is 10.9 Å². The van der Waals surface area contributed by atoms with Crippen molar-refractivity contribution in [3.63, 3.8) is 0 Å². The molecule has 0 aliphatic carbocycles. The number of para-hydroxylation sites is 2. The van der Waals surface area contributed by atoms with Gasteiger partial charge in [-0.25, -0.2) is 4.98 Å². The van der Waals surface area contributed by atoms with Gasteiger partial charge in [0.15, 0.2) is 0 Å². The van der Waals surface area contributed by atoms with Crippen molar-refractivity contribution in [3.05, 3.63) is 64.7 Å². The van der Waals surface area contributed by atoms with Crippen LogP contribution in [0.15, 0.2) is 53.6 Å². The number of H-pyrrole nitrogens is 1. The highest BCUT2D eigenvalue weighted by atomic mass is 16.2. The molecule has 3 aromatic rings. The summed E-state index contributed by atoms with van der Waals surface area (Å²) < 4.78 is 0. The average Bonchev–Trinajstić information content (AvgIpc) is 2.97. The third-order valence-corrected chi connectivity index (χ3v) is 5.13. The summed E-state index contributed by atoms with van der Waals surface area (Å²) in [6.07, 6.45) is 7.32.